The SMILES string of the molecule is CCC(CC)Oc1ccc2cc(C#CCCO)ccc2c1. The van der Waals surface area contributed by atoms with E-state index < -0.39 is 0 Å². The fourth-order valence-electron chi connectivity index (χ4n) is 2.24. The van der Waals surface area contributed by atoms with Gasteiger partial charge in [-0.3, -0.25) is 0 Å². The van der Waals surface area contributed by atoms with Crippen LogP contribution in [-0.2, 0) is 0 Å². The van der Waals surface area contributed by atoms with Gasteiger partial charge in [0.25, 0.3) is 0 Å². The van der Waals surface area contributed by atoms with Crippen LogP contribution in [0.2, 0.25) is 0 Å². The lowest BCUT2D eigenvalue weighted by molar-refractivity contribution is 0.193. The lowest BCUT2D eigenvalue weighted by atomic mass is 10.1. The molecule has 110 valence electrons. The normalized spacial score (nSPS) is 10.5. The van der Waals surface area contributed by atoms with E-state index in [4.69, 9.17) is 9.84 Å². The molecule has 0 amide bonds. The van der Waals surface area contributed by atoms with Gasteiger partial charge in [-0.1, -0.05) is 37.8 Å². The van der Waals surface area contributed by atoms with Gasteiger partial charge in [0.15, 0.2) is 0 Å². The van der Waals surface area contributed by atoms with E-state index >= 15 is 0 Å². The van der Waals surface area contributed by atoms with Gasteiger partial charge in [-0.2, -0.15) is 0 Å². The lowest BCUT2D eigenvalue weighted by Gasteiger charge is -2.16. The maximum absolute atomic E-state index is 8.74. The van der Waals surface area contributed by atoms with Crippen LogP contribution in [0.15, 0.2) is 36.4 Å². The second-order valence-electron chi connectivity index (χ2n) is 5.06. The highest BCUT2D eigenvalue weighted by atomic mass is 16.5. The van der Waals surface area contributed by atoms with Crippen molar-refractivity contribution in [3.63, 3.8) is 0 Å². The van der Waals surface area contributed by atoms with Crippen LogP contribution in [-0.4, -0.2) is 17.8 Å². The van der Waals surface area contributed by atoms with Gasteiger partial charge in [0, 0.05) is 12.0 Å². The summed E-state index contributed by atoms with van der Waals surface area (Å²) < 4.78 is 5.97. The molecule has 0 fully saturated rings. The average molecular weight is 282 g/mol. The Balaban J connectivity index is 2.21. The zero-order valence-electron chi connectivity index (χ0n) is 12.7. The highest BCUT2D eigenvalue weighted by molar-refractivity contribution is 5.85. The molecule has 0 aliphatic heterocycles. The Kier molecular flexibility index (Phi) is 5.66. The molecule has 0 aromatic heterocycles. The molecule has 0 unspecified atom stereocenters. The van der Waals surface area contributed by atoms with E-state index in [1.807, 2.05) is 12.1 Å². The maximum atomic E-state index is 8.74. The molecule has 0 spiro atoms. The average Bonchev–Trinajstić information content (AvgIpc) is 2.52. The molecule has 0 saturated heterocycles. The van der Waals surface area contributed by atoms with E-state index in [1.54, 1.807) is 0 Å². The van der Waals surface area contributed by atoms with E-state index in [0.29, 0.717) is 6.42 Å². The lowest BCUT2D eigenvalue weighted by Crippen LogP contribution is -2.13. The van der Waals surface area contributed by atoms with Gasteiger partial charge in [0.1, 0.15) is 5.75 Å². The molecule has 1 N–H and O–H groups in total. The summed E-state index contributed by atoms with van der Waals surface area (Å²) in [6.45, 7) is 4.40. The monoisotopic (exact) mass is 282 g/mol. The number of aliphatic hydroxyl groups excluding tert-OH is 1. The predicted octanol–water partition coefficient (Wildman–Crippen LogP) is 4.14. The standard InChI is InChI=1S/C19H22O2/c1-3-18(4-2)21-19-11-10-16-13-15(7-5-6-12-20)8-9-17(16)14-19/h8-11,13-14,18,20H,3-4,6,12H2,1-2H3. The topological polar surface area (TPSA) is 29.5 Å². The zero-order chi connectivity index (χ0) is 15.1. The maximum Gasteiger partial charge on any atom is 0.120 e. The first kappa shape index (κ1) is 15.4. The van der Waals surface area contributed by atoms with Gasteiger partial charge in [0.2, 0.25) is 0 Å². The van der Waals surface area contributed by atoms with Gasteiger partial charge in [-0.15, -0.1) is 0 Å². The summed E-state index contributed by atoms with van der Waals surface area (Å²) in [4.78, 5) is 0. The van der Waals surface area contributed by atoms with Crippen molar-refractivity contribution in [3.05, 3.63) is 42.0 Å². The summed E-state index contributed by atoms with van der Waals surface area (Å²) in [5, 5.41) is 11.1. The van der Waals surface area contributed by atoms with Crippen LogP contribution in [0.4, 0.5) is 0 Å². The van der Waals surface area contributed by atoms with Crippen molar-refractivity contribution >= 4 is 10.8 Å². The molecule has 2 rings (SSSR count). The second-order valence-corrected chi connectivity index (χ2v) is 5.06. The van der Waals surface area contributed by atoms with Crippen molar-refractivity contribution in [1.82, 2.24) is 0 Å². The van der Waals surface area contributed by atoms with Crippen LogP contribution in [0.3, 0.4) is 0 Å². The highest BCUT2D eigenvalue weighted by Gasteiger charge is 2.05. The molecule has 0 radical (unpaired) electrons. The molecular formula is C19H22O2. The van der Waals surface area contributed by atoms with E-state index in [9.17, 15) is 0 Å². The summed E-state index contributed by atoms with van der Waals surface area (Å²) in [5.74, 6) is 6.93. The first-order chi connectivity index (χ1) is 10.3. The van der Waals surface area contributed by atoms with E-state index in [2.05, 4.69) is 50.0 Å². The Bertz CT molecular complexity index is 645. The summed E-state index contributed by atoms with van der Waals surface area (Å²) in [6, 6.07) is 12.3. The minimum absolute atomic E-state index is 0.108. The Morgan fingerprint density at radius 3 is 2.48 bits per heavy atom. The molecular weight excluding hydrogens is 260 g/mol. The summed E-state index contributed by atoms with van der Waals surface area (Å²) in [6.07, 6.45) is 2.84. The molecule has 0 atom stereocenters. The number of ether oxygens (including phenoxy) is 1. The highest BCUT2D eigenvalue weighted by Crippen LogP contribution is 2.23. The summed E-state index contributed by atoms with van der Waals surface area (Å²) >= 11 is 0. The number of benzene rings is 2. The van der Waals surface area contributed by atoms with Crippen molar-refractivity contribution in [3.8, 4) is 17.6 Å². The predicted molar refractivity (Wildman–Crippen MR) is 87.5 cm³/mol. The molecule has 2 aromatic carbocycles. The molecule has 21 heavy (non-hydrogen) atoms. The van der Waals surface area contributed by atoms with Crippen LogP contribution >= 0.6 is 0 Å². The minimum atomic E-state index is 0.108. The Morgan fingerprint density at radius 2 is 1.76 bits per heavy atom. The molecule has 2 aromatic rings. The minimum Gasteiger partial charge on any atom is -0.490 e. The fraction of sp³-hybridized carbons (Fsp3) is 0.368. The number of aliphatic hydroxyl groups is 1. The van der Waals surface area contributed by atoms with Gasteiger partial charge >= 0.3 is 0 Å². The molecule has 2 nitrogen and oxygen atoms in total. The number of hydrogen-bond donors (Lipinski definition) is 1. The zero-order valence-corrected chi connectivity index (χ0v) is 12.7. The quantitative estimate of drug-likeness (QED) is 0.835. The van der Waals surface area contributed by atoms with Crippen LogP contribution in [0.1, 0.15) is 38.7 Å². The van der Waals surface area contributed by atoms with Crippen LogP contribution in [0.25, 0.3) is 10.8 Å². The van der Waals surface area contributed by atoms with Crippen molar-refractivity contribution in [1.29, 1.82) is 0 Å². The van der Waals surface area contributed by atoms with Gasteiger partial charge in [0.05, 0.1) is 12.7 Å². The van der Waals surface area contributed by atoms with Crippen molar-refractivity contribution in [2.45, 2.75) is 39.2 Å². The third-order valence-corrected chi connectivity index (χ3v) is 3.49. The van der Waals surface area contributed by atoms with Gasteiger partial charge in [-0.05, 0) is 47.9 Å². The second kappa shape index (κ2) is 7.71. The first-order valence-corrected chi connectivity index (χ1v) is 7.57. The van der Waals surface area contributed by atoms with E-state index in [1.165, 1.54) is 0 Å². The first-order valence-electron chi connectivity index (χ1n) is 7.57. The Morgan fingerprint density at radius 1 is 1.05 bits per heavy atom. The van der Waals surface area contributed by atoms with Crippen molar-refractivity contribution in [2.75, 3.05) is 6.61 Å². The van der Waals surface area contributed by atoms with Crippen molar-refractivity contribution < 1.29 is 9.84 Å². The smallest absolute Gasteiger partial charge is 0.120 e. The van der Waals surface area contributed by atoms with Crippen LogP contribution in [0, 0.1) is 11.8 Å². The molecule has 0 aliphatic carbocycles. The summed E-state index contributed by atoms with van der Waals surface area (Å²) in [7, 11) is 0. The Labute approximate surface area is 126 Å². The third-order valence-electron chi connectivity index (χ3n) is 3.49. The number of rotatable bonds is 5. The molecule has 0 saturated carbocycles. The third kappa shape index (κ3) is 4.24. The van der Waals surface area contributed by atoms with E-state index in [-0.39, 0.29) is 12.7 Å². The Hall–Kier alpha value is -1.98. The molecule has 0 heterocycles. The number of hydrogen-bond acceptors (Lipinski definition) is 2. The molecule has 0 aliphatic rings. The summed E-state index contributed by atoms with van der Waals surface area (Å²) in [5.41, 5.74) is 0.976. The largest absolute Gasteiger partial charge is 0.490 e. The number of fused-ring (bicyclic) bond motifs is 1. The van der Waals surface area contributed by atoms with Gasteiger partial charge < -0.3 is 9.84 Å². The van der Waals surface area contributed by atoms with Gasteiger partial charge in [-0.25, -0.2) is 0 Å². The molecule has 0 bridgehead atoms. The van der Waals surface area contributed by atoms with Crippen molar-refractivity contribution in [2.24, 2.45) is 0 Å². The van der Waals surface area contributed by atoms with Crippen LogP contribution in [0.5, 0.6) is 5.75 Å². The van der Waals surface area contributed by atoms with Crippen LogP contribution < -0.4 is 4.74 Å². The van der Waals surface area contributed by atoms with E-state index in [0.717, 1.165) is 34.9 Å². The fourth-order valence-corrected chi connectivity index (χ4v) is 2.24. The molecule has 2 heteroatoms.